The molecule has 2 aromatic rings. The number of likely N-dealkylation sites (tertiary alicyclic amines) is 1. The van der Waals surface area contributed by atoms with E-state index in [1.165, 1.54) is 10.4 Å². The molecule has 1 fully saturated rings. The lowest BCUT2D eigenvalue weighted by Gasteiger charge is -2.44. The minimum absolute atomic E-state index is 0.111. The van der Waals surface area contributed by atoms with E-state index in [1.807, 2.05) is 32.9 Å². The lowest BCUT2D eigenvalue weighted by atomic mass is 10.2. The number of carbonyl (C=O) groups excluding carboxylic acids is 1. The Morgan fingerprint density at radius 3 is 1.88 bits per heavy atom. The molecule has 0 bridgehead atoms. The molecule has 1 saturated heterocycles. The van der Waals surface area contributed by atoms with E-state index < -0.39 is 20.0 Å². The molecule has 1 amide bonds. The summed E-state index contributed by atoms with van der Waals surface area (Å²) in [5.41, 5.74) is -0.589. The Balaban J connectivity index is 2.00. The Morgan fingerprint density at radius 1 is 0.969 bits per heavy atom. The van der Waals surface area contributed by atoms with E-state index in [-0.39, 0.29) is 23.8 Å². The van der Waals surface area contributed by atoms with Crippen LogP contribution >= 0.6 is 0 Å². The smallest absolute Gasteiger partial charge is 0.410 e. The topological polar surface area (TPSA) is 59.0 Å². The van der Waals surface area contributed by atoms with Gasteiger partial charge in [-0.3, -0.25) is 0 Å². The van der Waals surface area contributed by atoms with Crippen molar-refractivity contribution < 1.29 is 19.1 Å². The Morgan fingerprint density at radius 2 is 1.47 bits per heavy atom. The Kier molecular flexibility index (Phi) is 7.17. The summed E-state index contributed by atoms with van der Waals surface area (Å²) in [5, 5.41) is 12.3. The van der Waals surface area contributed by atoms with Crippen LogP contribution in [0, 0.1) is 0 Å². The van der Waals surface area contributed by atoms with Gasteiger partial charge in [-0.05, 0) is 42.6 Å². The van der Waals surface area contributed by atoms with Gasteiger partial charge in [0.05, 0.1) is 18.8 Å². The Hall–Kier alpha value is -2.15. The number of rotatable bonds is 5. The van der Waals surface area contributed by atoms with Gasteiger partial charge in [0, 0.05) is 6.54 Å². The van der Waals surface area contributed by atoms with Crippen LogP contribution in [-0.2, 0) is 9.16 Å². The van der Waals surface area contributed by atoms with Crippen molar-refractivity contribution in [1.82, 2.24) is 4.90 Å². The quantitative estimate of drug-likeness (QED) is 0.694. The predicted molar refractivity (Wildman–Crippen MR) is 131 cm³/mol. The van der Waals surface area contributed by atoms with Gasteiger partial charge in [0.15, 0.2) is 0 Å². The first kappa shape index (κ1) is 24.5. The molecule has 174 valence electrons. The minimum atomic E-state index is -2.73. The SMILES string of the molecule is CC(C)(C)OC(=O)N1CC(O[Si](c2ccccc2)(c2ccccc2)C(C)(C)C)CC1CO. The van der Waals surface area contributed by atoms with Crippen molar-refractivity contribution in [2.45, 2.75) is 70.7 Å². The summed E-state index contributed by atoms with van der Waals surface area (Å²) < 4.78 is 12.8. The normalized spacial score (nSPS) is 19.8. The molecule has 2 aromatic carbocycles. The average Bonchev–Trinajstić information content (AvgIpc) is 3.14. The summed E-state index contributed by atoms with van der Waals surface area (Å²) in [4.78, 5) is 14.5. The van der Waals surface area contributed by atoms with Crippen molar-refractivity contribution in [3.8, 4) is 0 Å². The van der Waals surface area contributed by atoms with E-state index in [1.54, 1.807) is 4.90 Å². The monoisotopic (exact) mass is 455 g/mol. The number of nitrogens with zero attached hydrogens (tertiary/aromatic N) is 1. The van der Waals surface area contributed by atoms with Crippen LogP contribution in [0.2, 0.25) is 5.04 Å². The summed E-state index contributed by atoms with van der Waals surface area (Å²) in [7, 11) is -2.73. The summed E-state index contributed by atoms with van der Waals surface area (Å²) in [6.45, 7) is 12.6. The van der Waals surface area contributed by atoms with E-state index in [0.717, 1.165) is 0 Å². The lowest BCUT2D eigenvalue weighted by Crippen LogP contribution is -2.67. The number of benzene rings is 2. The number of aliphatic hydroxyl groups is 1. The van der Waals surface area contributed by atoms with Gasteiger partial charge in [-0.25, -0.2) is 4.79 Å². The molecule has 3 rings (SSSR count). The highest BCUT2D eigenvalue weighted by Crippen LogP contribution is 2.39. The summed E-state index contributed by atoms with van der Waals surface area (Å²) in [6, 6.07) is 20.6. The molecular formula is C26H37NO4Si. The second kappa shape index (κ2) is 9.38. The van der Waals surface area contributed by atoms with Gasteiger partial charge in [0.2, 0.25) is 0 Å². The van der Waals surface area contributed by atoms with Crippen molar-refractivity contribution in [2.24, 2.45) is 0 Å². The van der Waals surface area contributed by atoms with Gasteiger partial charge in [-0.15, -0.1) is 0 Å². The first-order chi connectivity index (χ1) is 15.0. The molecule has 1 aliphatic heterocycles. The van der Waals surface area contributed by atoms with Gasteiger partial charge >= 0.3 is 6.09 Å². The fourth-order valence-corrected chi connectivity index (χ4v) is 9.30. The van der Waals surface area contributed by atoms with Gasteiger partial charge in [-0.1, -0.05) is 81.4 Å². The van der Waals surface area contributed by atoms with E-state index >= 15 is 0 Å². The molecule has 0 aliphatic carbocycles. The molecule has 5 nitrogen and oxygen atoms in total. The van der Waals surface area contributed by atoms with Crippen LogP contribution in [0.15, 0.2) is 60.7 Å². The largest absolute Gasteiger partial charge is 0.444 e. The molecular weight excluding hydrogens is 418 g/mol. The maximum Gasteiger partial charge on any atom is 0.410 e. The van der Waals surface area contributed by atoms with Crippen LogP contribution in [0.3, 0.4) is 0 Å². The van der Waals surface area contributed by atoms with Crippen LogP contribution in [0.25, 0.3) is 0 Å². The molecule has 6 heteroatoms. The van der Waals surface area contributed by atoms with Gasteiger partial charge in [0.1, 0.15) is 5.60 Å². The van der Waals surface area contributed by atoms with E-state index in [2.05, 4.69) is 69.3 Å². The van der Waals surface area contributed by atoms with Crippen molar-refractivity contribution in [3.63, 3.8) is 0 Å². The Labute approximate surface area is 193 Å². The molecule has 1 aliphatic rings. The van der Waals surface area contributed by atoms with Gasteiger partial charge in [0.25, 0.3) is 8.32 Å². The number of ether oxygens (including phenoxy) is 1. The third kappa shape index (κ3) is 5.08. The van der Waals surface area contributed by atoms with Crippen LogP contribution in [-0.4, -0.2) is 55.3 Å². The molecule has 0 radical (unpaired) electrons. The van der Waals surface area contributed by atoms with E-state index in [4.69, 9.17) is 9.16 Å². The molecule has 2 unspecified atom stereocenters. The van der Waals surface area contributed by atoms with E-state index in [9.17, 15) is 9.90 Å². The summed E-state index contributed by atoms with van der Waals surface area (Å²) >= 11 is 0. The van der Waals surface area contributed by atoms with Crippen LogP contribution in [0.1, 0.15) is 48.0 Å². The highest BCUT2D eigenvalue weighted by atomic mass is 28.4. The fourth-order valence-electron chi connectivity index (χ4n) is 4.62. The molecule has 0 spiro atoms. The first-order valence-electron chi connectivity index (χ1n) is 11.4. The molecule has 0 saturated carbocycles. The first-order valence-corrected chi connectivity index (χ1v) is 13.3. The number of amides is 1. The second-order valence-corrected chi connectivity index (χ2v) is 14.9. The summed E-state index contributed by atoms with van der Waals surface area (Å²) in [6.07, 6.45) is -0.00340. The minimum Gasteiger partial charge on any atom is -0.444 e. The highest BCUT2D eigenvalue weighted by Gasteiger charge is 2.53. The predicted octanol–water partition coefficient (Wildman–Crippen LogP) is 3.93. The molecule has 2 atom stereocenters. The van der Waals surface area contributed by atoms with E-state index in [0.29, 0.717) is 13.0 Å². The maximum atomic E-state index is 12.8. The van der Waals surface area contributed by atoms with Crippen molar-refractivity contribution in [3.05, 3.63) is 60.7 Å². The number of hydrogen-bond donors (Lipinski definition) is 1. The Bertz CT molecular complexity index is 850. The number of hydrogen-bond acceptors (Lipinski definition) is 4. The van der Waals surface area contributed by atoms with Crippen LogP contribution < -0.4 is 10.4 Å². The van der Waals surface area contributed by atoms with Gasteiger partial charge < -0.3 is 19.2 Å². The third-order valence-corrected chi connectivity index (χ3v) is 11.1. The number of aliphatic hydroxyl groups excluding tert-OH is 1. The second-order valence-electron chi connectivity index (χ2n) is 10.6. The molecule has 0 aromatic heterocycles. The van der Waals surface area contributed by atoms with Crippen molar-refractivity contribution in [1.29, 1.82) is 0 Å². The fraction of sp³-hybridized carbons (Fsp3) is 0.500. The van der Waals surface area contributed by atoms with Crippen molar-refractivity contribution in [2.75, 3.05) is 13.2 Å². The standard InChI is InChI=1S/C26H37NO4Si/c1-25(2,3)30-24(29)27-18-21(17-20(27)19-28)31-32(26(4,5)6,22-13-9-7-10-14-22)23-15-11-8-12-16-23/h7-16,20-21,28H,17-19H2,1-6H3. The highest BCUT2D eigenvalue weighted by molar-refractivity contribution is 6.99. The van der Waals surface area contributed by atoms with Gasteiger partial charge in [-0.2, -0.15) is 0 Å². The maximum absolute atomic E-state index is 12.8. The molecule has 1 N–H and O–H groups in total. The van der Waals surface area contributed by atoms with Crippen molar-refractivity contribution >= 4 is 24.8 Å². The average molecular weight is 456 g/mol. The zero-order valence-corrected chi connectivity index (χ0v) is 21.2. The van der Waals surface area contributed by atoms with Crippen LogP contribution in [0.4, 0.5) is 4.79 Å². The molecule has 1 heterocycles. The lowest BCUT2D eigenvalue weighted by molar-refractivity contribution is 0.0164. The number of carbonyl (C=O) groups is 1. The zero-order chi connectivity index (χ0) is 23.6. The summed E-state index contributed by atoms with van der Waals surface area (Å²) in [5.74, 6) is 0. The zero-order valence-electron chi connectivity index (χ0n) is 20.2. The third-order valence-electron chi connectivity index (χ3n) is 5.98. The molecule has 32 heavy (non-hydrogen) atoms. The van der Waals surface area contributed by atoms with Crippen LogP contribution in [0.5, 0.6) is 0 Å².